The van der Waals surface area contributed by atoms with Crippen LogP contribution in [0.3, 0.4) is 0 Å². The van der Waals surface area contributed by atoms with E-state index in [9.17, 15) is 9.59 Å². The molecule has 0 radical (unpaired) electrons. The zero-order valence-electron chi connectivity index (χ0n) is 8.16. The summed E-state index contributed by atoms with van der Waals surface area (Å²) in [7, 11) is 0. The molecule has 1 atom stereocenters. The Kier molecular flexibility index (Phi) is 3.68. The minimum Gasteiger partial charge on any atom is -0.486 e. The van der Waals surface area contributed by atoms with E-state index in [-0.39, 0.29) is 12.2 Å². The fourth-order valence-electron chi connectivity index (χ4n) is 1.31. The molecular weight excluding hydrogens is 184 g/mol. The highest BCUT2D eigenvalue weighted by atomic mass is 16.5. The molecular formula is C10H14O4. The van der Waals surface area contributed by atoms with E-state index in [2.05, 4.69) is 0 Å². The number of carboxylic acids is 1. The van der Waals surface area contributed by atoms with E-state index in [1.54, 1.807) is 0 Å². The van der Waals surface area contributed by atoms with Gasteiger partial charge in [-0.3, -0.25) is 9.59 Å². The minimum absolute atomic E-state index is 0.224. The second-order valence-electron chi connectivity index (χ2n) is 3.32. The van der Waals surface area contributed by atoms with Crippen LogP contribution >= 0.6 is 0 Å². The summed E-state index contributed by atoms with van der Waals surface area (Å²) in [5.74, 6) is -0.602. The Morgan fingerprint density at radius 2 is 2.36 bits per heavy atom. The van der Waals surface area contributed by atoms with Crippen LogP contribution in [0.15, 0.2) is 11.8 Å². The first-order chi connectivity index (χ1) is 6.63. The van der Waals surface area contributed by atoms with Crippen LogP contribution in [0, 0.1) is 0 Å². The third-order valence-electron chi connectivity index (χ3n) is 2.05. The monoisotopic (exact) mass is 198 g/mol. The van der Waals surface area contributed by atoms with Gasteiger partial charge in [-0.1, -0.05) is 13.3 Å². The lowest BCUT2D eigenvalue weighted by Gasteiger charge is -2.08. The molecule has 78 valence electrons. The Morgan fingerprint density at radius 1 is 1.64 bits per heavy atom. The lowest BCUT2D eigenvalue weighted by Crippen LogP contribution is -2.20. The van der Waals surface area contributed by atoms with E-state index in [1.165, 1.54) is 6.08 Å². The molecule has 0 fully saturated rings. The van der Waals surface area contributed by atoms with Crippen molar-refractivity contribution in [2.45, 2.75) is 38.7 Å². The first kappa shape index (κ1) is 10.8. The van der Waals surface area contributed by atoms with E-state index >= 15 is 0 Å². The van der Waals surface area contributed by atoms with Gasteiger partial charge in [-0.25, -0.2) is 0 Å². The third kappa shape index (κ3) is 2.87. The number of carbonyl (C=O) groups is 2. The van der Waals surface area contributed by atoms with Crippen molar-refractivity contribution in [2.24, 2.45) is 0 Å². The molecule has 1 N–H and O–H groups in total. The maximum absolute atomic E-state index is 11.2. The van der Waals surface area contributed by atoms with Crippen molar-refractivity contribution < 1.29 is 19.4 Å². The Morgan fingerprint density at radius 3 is 2.93 bits per heavy atom. The number of allylic oxidation sites excluding steroid dienone is 1. The van der Waals surface area contributed by atoms with Gasteiger partial charge in [0, 0.05) is 12.5 Å². The molecule has 14 heavy (non-hydrogen) atoms. The first-order valence-electron chi connectivity index (χ1n) is 4.76. The average Bonchev–Trinajstić information content (AvgIpc) is 2.43. The molecule has 0 amide bonds. The third-order valence-corrected chi connectivity index (χ3v) is 2.05. The number of carbonyl (C=O) groups excluding carboxylic acids is 1. The topological polar surface area (TPSA) is 63.6 Å². The molecule has 0 aliphatic carbocycles. The molecule has 0 aromatic heterocycles. The summed E-state index contributed by atoms with van der Waals surface area (Å²) in [6, 6.07) is 0. The maximum atomic E-state index is 11.2. The molecule has 0 saturated heterocycles. The lowest BCUT2D eigenvalue weighted by molar-refractivity contribution is -0.141. The minimum atomic E-state index is -1.01. The zero-order valence-corrected chi connectivity index (χ0v) is 8.16. The Balaban J connectivity index is 2.42. The van der Waals surface area contributed by atoms with Gasteiger partial charge >= 0.3 is 5.97 Å². The maximum Gasteiger partial charge on any atom is 0.307 e. The van der Waals surface area contributed by atoms with E-state index in [0.717, 1.165) is 19.3 Å². The molecule has 0 spiro atoms. The van der Waals surface area contributed by atoms with Crippen molar-refractivity contribution in [3.05, 3.63) is 11.8 Å². The van der Waals surface area contributed by atoms with Gasteiger partial charge in [-0.2, -0.15) is 0 Å². The van der Waals surface area contributed by atoms with Gasteiger partial charge in [-0.05, 0) is 6.42 Å². The molecule has 1 aliphatic heterocycles. The quantitative estimate of drug-likeness (QED) is 0.727. The SMILES string of the molecule is CCCCC1=CC(=O)[C@H](CC(=O)O)O1. The highest BCUT2D eigenvalue weighted by molar-refractivity contribution is 5.97. The predicted octanol–water partition coefficient (Wildman–Crippen LogP) is 1.50. The number of hydrogen-bond acceptors (Lipinski definition) is 3. The van der Waals surface area contributed by atoms with Gasteiger partial charge in [0.1, 0.15) is 5.76 Å². The normalized spacial score (nSPS) is 20.5. The van der Waals surface area contributed by atoms with Crippen molar-refractivity contribution in [1.82, 2.24) is 0 Å². The van der Waals surface area contributed by atoms with Crippen LogP contribution in [-0.4, -0.2) is 23.0 Å². The van der Waals surface area contributed by atoms with Gasteiger partial charge in [0.15, 0.2) is 11.9 Å². The van der Waals surface area contributed by atoms with E-state index in [0.29, 0.717) is 5.76 Å². The number of aliphatic carboxylic acids is 1. The molecule has 4 heteroatoms. The standard InChI is InChI=1S/C10H14O4/c1-2-3-4-7-5-8(11)9(14-7)6-10(12)13/h5,9H,2-4,6H2,1H3,(H,12,13)/t9-/m0/s1. The van der Waals surface area contributed by atoms with Crippen molar-refractivity contribution in [3.8, 4) is 0 Å². The smallest absolute Gasteiger partial charge is 0.307 e. The van der Waals surface area contributed by atoms with Crippen LogP contribution < -0.4 is 0 Å². The fourth-order valence-corrected chi connectivity index (χ4v) is 1.31. The Labute approximate surface area is 82.6 Å². The Hall–Kier alpha value is -1.32. The van der Waals surface area contributed by atoms with Crippen molar-refractivity contribution in [3.63, 3.8) is 0 Å². The summed E-state index contributed by atoms with van der Waals surface area (Å²) >= 11 is 0. The summed E-state index contributed by atoms with van der Waals surface area (Å²) in [6.07, 6.45) is 3.09. The van der Waals surface area contributed by atoms with Gasteiger partial charge in [0.25, 0.3) is 0 Å². The number of hydrogen-bond donors (Lipinski definition) is 1. The molecule has 4 nitrogen and oxygen atoms in total. The summed E-state index contributed by atoms with van der Waals surface area (Å²) in [4.78, 5) is 21.6. The van der Waals surface area contributed by atoms with Crippen LogP contribution in [0.25, 0.3) is 0 Å². The first-order valence-corrected chi connectivity index (χ1v) is 4.76. The molecule has 1 aliphatic rings. The van der Waals surface area contributed by atoms with E-state index in [1.807, 2.05) is 6.92 Å². The lowest BCUT2D eigenvalue weighted by atomic mass is 10.2. The van der Waals surface area contributed by atoms with Gasteiger partial charge in [0.05, 0.1) is 6.42 Å². The van der Waals surface area contributed by atoms with Crippen LogP contribution in [0.4, 0.5) is 0 Å². The van der Waals surface area contributed by atoms with Crippen molar-refractivity contribution >= 4 is 11.8 Å². The summed E-state index contributed by atoms with van der Waals surface area (Å²) in [6.45, 7) is 2.05. The van der Waals surface area contributed by atoms with E-state index < -0.39 is 12.1 Å². The summed E-state index contributed by atoms with van der Waals surface area (Å²) < 4.78 is 5.22. The molecule has 0 aromatic carbocycles. The van der Waals surface area contributed by atoms with Gasteiger partial charge < -0.3 is 9.84 Å². The van der Waals surface area contributed by atoms with Gasteiger partial charge in [-0.15, -0.1) is 0 Å². The number of carboxylic acid groups (broad SMARTS) is 1. The fraction of sp³-hybridized carbons (Fsp3) is 0.600. The van der Waals surface area contributed by atoms with Gasteiger partial charge in [0.2, 0.25) is 0 Å². The second-order valence-corrected chi connectivity index (χ2v) is 3.32. The molecule has 0 saturated carbocycles. The number of unbranched alkanes of at least 4 members (excludes halogenated alkanes) is 1. The largest absolute Gasteiger partial charge is 0.486 e. The summed E-state index contributed by atoms with van der Waals surface area (Å²) in [5, 5.41) is 8.50. The molecule has 0 bridgehead atoms. The van der Waals surface area contributed by atoms with Crippen LogP contribution in [-0.2, 0) is 14.3 Å². The number of rotatable bonds is 5. The van der Waals surface area contributed by atoms with Crippen LogP contribution in [0.1, 0.15) is 32.6 Å². The number of ether oxygens (including phenoxy) is 1. The predicted molar refractivity (Wildman–Crippen MR) is 49.7 cm³/mol. The Bertz CT molecular complexity index is 267. The molecule has 0 unspecified atom stereocenters. The number of ketones is 1. The molecule has 0 aromatic rings. The summed E-state index contributed by atoms with van der Waals surface area (Å²) in [5.41, 5.74) is 0. The highest BCUT2D eigenvalue weighted by Gasteiger charge is 2.28. The highest BCUT2D eigenvalue weighted by Crippen LogP contribution is 2.21. The zero-order chi connectivity index (χ0) is 10.6. The molecule has 1 rings (SSSR count). The van der Waals surface area contributed by atoms with E-state index in [4.69, 9.17) is 9.84 Å². The average molecular weight is 198 g/mol. The molecule has 1 heterocycles. The van der Waals surface area contributed by atoms with Crippen molar-refractivity contribution in [1.29, 1.82) is 0 Å². The second kappa shape index (κ2) is 4.79. The van der Waals surface area contributed by atoms with Crippen molar-refractivity contribution in [2.75, 3.05) is 0 Å². The van der Waals surface area contributed by atoms with Crippen LogP contribution in [0.2, 0.25) is 0 Å². The van der Waals surface area contributed by atoms with Crippen LogP contribution in [0.5, 0.6) is 0 Å².